The minimum Gasteiger partial charge on any atom is -0.309 e. The molecule has 9 aromatic carbocycles. The number of rotatable bonds is 7. The Hall–Kier alpha value is -8.92. The minimum atomic E-state index is 0.554. The molecule has 0 spiro atoms. The molecular weight excluding hydrogens is 805 g/mol. The lowest BCUT2D eigenvalue weighted by molar-refractivity contribution is 1.07. The predicted octanol–water partition coefficient (Wildman–Crippen LogP) is 15.6. The van der Waals surface area contributed by atoms with E-state index < -0.39 is 0 Å². The van der Waals surface area contributed by atoms with Gasteiger partial charge in [0, 0.05) is 49.5 Å². The van der Waals surface area contributed by atoms with Gasteiger partial charge in [-0.15, -0.1) is 0 Å². The van der Waals surface area contributed by atoms with Gasteiger partial charge in [0.1, 0.15) is 0 Å². The van der Waals surface area contributed by atoms with Crippen LogP contribution in [0.15, 0.2) is 206 Å². The maximum atomic E-state index is 8.18. The summed E-state index contributed by atoms with van der Waals surface area (Å²) in [6.07, 6.45) is 0. The fourth-order valence-corrected chi connectivity index (χ4v) is 9.66. The van der Waals surface area contributed by atoms with E-state index in [2.05, 4.69) is 149 Å². The molecule has 0 N–H and O–H groups in total. The van der Waals surface area contributed by atoms with E-state index in [-0.39, 0.29) is 0 Å². The molecule has 6 nitrogen and oxygen atoms in total. The maximum absolute atomic E-state index is 8.18. The molecule has 0 saturated heterocycles. The van der Waals surface area contributed by atoms with Crippen molar-refractivity contribution in [1.82, 2.24) is 24.1 Å². The van der Waals surface area contributed by atoms with Gasteiger partial charge >= 0.3 is 0 Å². The number of fused-ring (bicyclic) bond motifs is 6. The van der Waals surface area contributed by atoms with Gasteiger partial charge in [-0.2, -0.15) is 0 Å². The molecule has 310 valence electrons. The summed E-state index contributed by atoms with van der Waals surface area (Å²) < 4.78 is 4.76. The van der Waals surface area contributed by atoms with Crippen LogP contribution < -0.4 is 0 Å². The predicted molar refractivity (Wildman–Crippen MR) is 271 cm³/mol. The van der Waals surface area contributed by atoms with E-state index in [1.165, 1.54) is 32.7 Å². The number of aryl methyl sites for hydroxylation is 2. The first kappa shape index (κ1) is 38.7. The van der Waals surface area contributed by atoms with Crippen molar-refractivity contribution < 1.29 is 0 Å². The first-order valence-corrected chi connectivity index (χ1v) is 22.1. The third-order valence-electron chi connectivity index (χ3n) is 12.7. The Morgan fingerprint density at radius 1 is 0.364 bits per heavy atom. The molecule has 12 aromatic rings. The summed E-state index contributed by atoms with van der Waals surface area (Å²) in [5.74, 6) is 1.73. The highest BCUT2D eigenvalue weighted by atomic mass is 15.0. The Morgan fingerprint density at radius 2 is 0.894 bits per heavy atom. The topological polar surface area (TPSA) is 52.9 Å². The number of nitrogens with zero attached hydrogens (tertiary/aromatic N) is 6. The van der Waals surface area contributed by atoms with Crippen molar-refractivity contribution in [3.8, 4) is 67.8 Å². The van der Waals surface area contributed by atoms with E-state index >= 15 is 0 Å². The van der Waals surface area contributed by atoms with Crippen molar-refractivity contribution in [2.45, 2.75) is 13.8 Å². The Bertz CT molecular complexity index is 3850. The fraction of sp³-hybridized carbons (Fsp3) is 0.0333. The standard InChI is InChI=1S/C60H40N6/c1-38-26-31-55-49(34-38)45-21-11-14-24-53(45)65(55)43-29-30-47(60-63-58(40-16-6-4-7-17-40)62-59(64-60)41-18-8-5-9-19-41)48(37-43)51-36-42(44-20-10-13-23-52(44)61-3)28-33-57(51)66-54-25-15-12-22-46(54)50-35-39(2)27-32-56(50)66/h4-37H,1-2H3. The van der Waals surface area contributed by atoms with Crippen molar-refractivity contribution in [3.05, 3.63) is 229 Å². The smallest absolute Gasteiger partial charge is 0.194 e. The summed E-state index contributed by atoms with van der Waals surface area (Å²) in [4.78, 5) is 19.7. The molecule has 0 aliphatic carbocycles. The van der Waals surface area contributed by atoms with Crippen LogP contribution >= 0.6 is 0 Å². The highest BCUT2D eigenvalue weighted by Crippen LogP contribution is 2.44. The van der Waals surface area contributed by atoms with Gasteiger partial charge in [-0.05, 0) is 97.3 Å². The number of hydrogen-bond donors (Lipinski definition) is 0. The molecule has 0 aliphatic heterocycles. The summed E-state index contributed by atoms with van der Waals surface area (Å²) in [5.41, 5.74) is 15.8. The highest BCUT2D eigenvalue weighted by Gasteiger charge is 2.23. The maximum Gasteiger partial charge on any atom is 0.194 e. The van der Waals surface area contributed by atoms with Crippen molar-refractivity contribution in [2.75, 3.05) is 0 Å². The van der Waals surface area contributed by atoms with Crippen molar-refractivity contribution >= 4 is 49.3 Å². The van der Waals surface area contributed by atoms with Crippen LogP contribution in [0.4, 0.5) is 5.69 Å². The van der Waals surface area contributed by atoms with Crippen molar-refractivity contribution in [1.29, 1.82) is 0 Å². The van der Waals surface area contributed by atoms with E-state index in [1.54, 1.807) is 0 Å². The molecule has 0 bridgehead atoms. The fourth-order valence-electron chi connectivity index (χ4n) is 9.66. The van der Waals surface area contributed by atoms with Gasteiger partial charge in [0.2, 0.25) is 0 Å². The van der Waals surface area contributed by atoms with E-state index in [0.717, 1.165) is 72.4 Å². The number of benzene rings is 9. The average molecular weight is 845 g/mol. The van der Waals surface area contributed by atoms with Crippen LogP contribution in [-0.2, 0) is 0 Å². The third-order valence-corrected chi connectivity index (χ3v) is 12.7. The Morgan fingerprint density at radius 3 is 1.53 bits per heavy atom. The van der Waals surface area contributed by atoms with Gasteiger partial charge in [0.25, 0.3) is 0 Å². The largest absolute Gasteiger partial charge is 0.309 e. The first-order chi connectivity index (χ1) is 32.5. The monoisotopic (exact) mass is 844 g/mol. The van der Waals surface area contributed by atoms with E-state index in [0.29, 0.717) is 23.2 Å². The molecule has 0 radical (unpaired) electrons. The van der Waals surface area contributed by atoms with Crippen LogP contribution in [0, 0.1) is 20.4 Å². The van der Waals surface area contributed by atoms with Gasteiger partial charge < -0.3 is 9.13 Å². The van der Waals surface area contributed by atoms with Crippen LogP contribution in [0.1, 0.15) is 11.1 Å². The minimum absolute atomic E-state index is 0.554. The molecule has 0 saturated carbocycles. The van der Waals surface area contributed by atoms with E-state index in [1.807, 2.05) is 84.9 Å². The quantitative estimate of drug-likeness (QED) is 0.150. The second-order valence-corrected chi connectivity index (χ2v) is 16.9. The molecule has 0 unspecified atom stereocenters. The number of para-hydroxylation sites is 3. The van der Waals surface area contributed by atoms with Crippen LogP contribution in [0.5, 0.6) is 0 Å². The average Bonchev–Trinajstić information content (AvgIpc) is 3.88. The van der Waals surface area contributed by atoms with Crippen LogP contribution in [-0.4, -0.2) is 24.1 Å². The number of hydrogen-bond acceptors (Lipinski definition) is 3. The summed E-state index contributed by atoms with van der Waals surface area (Å²) in [5, 5.41) is 4.76. The Kier molecular flexibility index (Phi) is 9.22. The zero-order chi connectivity index (χ0) is 44.3. The van der Waals surface area contributed by atoms with Crippen LogP contribution in [0.25, 0.3) is 116 Å². The molecule has 0 amide bonds. The second kappa shape index (κ2) is 15.7. The highest BCUT2D eigenvalue weighted by molar-refractivity contribution is 6.11. The Labute approximate surface area is 382 Å². The molecule has 12 rings (SSSR count). The molecule has 0 fully saturated rings. The number of aromatic nitrogens is 5. The normalized spacial score (nSPS) is 11.5. The van der Waals surface area contributed by atoms with Gasteiger partial charge in [-0.3, -0.25) is 0 Å². The van der Waals surface area contributed by atoms with Crippen LogP contribution in [0.3, 0.4) is 0 Å². The lowest BCUT2D eigenvalue weighted by Crippen LogP contribution is -2.04. The van der Waals surface area contributed by atoms with Crippen molar-refractivity contribution in [2.24, 2.45) is 0 Å². The third kappa shape index (κ3) is 6.45. The molecule has 3 aromatic heterocycles. The summed E-state index contributed by atoms with van der Waals surface area (Å²) in [6, 6.07) is 72.1. The summed E-state index contributed by atoms with van der Waals surface area (Å²) >= 11 is 0. The van der Waals surface area contributed by atoms with Gasteiger partial charge in [-0.1, -0.05) is 151 Å². The zero-order valence-electron chi connectivity index (χ0n) is 36.3. The van der Waals surface area contributed by atoms with Gasteiger partial charge in [-0.25, -0.2) is 19.8 Å². The Balaban J connectivity index is 1.22. The summed E-state index contributed by atoms with van der Waals surface area (Å²) in [6.45, 7) is 12.5. The molecule has 6 heteroatoms. The second-order valence-electron chi connectivity index (χ2n) is 16.9. The molecule has 66 heavy (non-hydrogen) atoms. The molecular formula is C60H40N6. The molecule has 0 aliphatic rings. The van der Waals surface area contributed by atoms with Gasteiger partial charge in [0.05, 0.1) is 34.3 Å². The molecule has 0 atom stereocenters. The van der Waals surface area contributed by atoms with Gasteiger partial charge in [0.15, 0.2) is 23.2 Å². The van der Waals surface area contributed by atoms with Crippen molar-refractivity contribution in [3.63, 3.8) is 0 Å². The summed E-state index contributed by atoms with van der Waals surface area (Å²) in [7, 11) is 0. The lowest BCUT2D eigenvalue weighted by atomic mass is 9.92. The zero-order valence-corrected chi connectivity index (χ0v) is 36.3. The first-order valence-electron chi connectivity index (χ1n) is 22.1. The SMILES string of the molecule is [C-]#[N+]c1ccccc1-c1ccc(-n2c3ccccc3c3cc(C)ccc32)c(-c2cc(-n3c4ccccc4c4cc(C)ccc43)ccc2-c2nc(-c3ccccc3)nc(-c3ccccc3)n2)c1. The van der Waals surface area contributed by atoms with Crippen LogP contribution in [0.2, 0.25) is 0 Å². The lowest BCUT2D eigenvalue weighted by Gasteiger charge is -2.20. The molecule has 3 heterocycles. The van der Waals surface area contributed by atoms with E-state index in [4.69, 9.17) is 21.5 Å². The van der Waals surface area contributed by atoms with E-state index in [9.17, 15) is 0 Å².